The van der Waals surface area contributed by atoms with Gasteiger partial charge in [-0.2, -0.15) is 0 Å². The second-order valence-corrected chi connectivity index (χ2v) is 14.7. The van der Waals surface area contributed by atoms with Gasteiger partial charge in [-0.1, -0.05) is 29.8 Å². The lowest BCUT2D eigenvalue weighted by molar-refractivity contribution is 0.0455. The molecule has 0 radical (unpaired) electrons. The molecule has 9 heteroatoms. The second kappa shape index (κ2) is 9.78. The average molecular weight is 583 g/mol. The molecule has 2 N–H and O–H groups in total. The second-order valence-electron chi connectivity index (χ2n) is 12.5. The molecule has 2 aliphatic heterocycles. The SMILES string of the molecule is O=C1NS(=O)(=O)C[C@@H]2C[C@H]2/C=C\[C@H](O)[C@@H]2CC[C@H]2CN2C[C@@]3(CCCc4cc(Cl)ccc43)COc3ccc1cc32. The number of nitrogens with one attached hydrogen (secondary N) is 1. The summed E-state index contributed by atoms with van der Waals surface area (Å²) in [5, 5.41) is 11.8. The Balaban J connectivity index is 1.29. The molecule has 0 unspecified atom stereocenters. The number of sulfonamides is 1. The molecule has 7 rings (SSSR count). The Morgan fingerprint density at radius 2 is 1.98 bits per heavy atom. The summed E-state index contributed by atoms with van der Waals surface area (Å²) in [6.07, 6.45) is 9.04. The van der Waals surface area contributed by atoms with E-state index in [1.165, 1.54) is 11.1 Å². The van der Waals surface area contributed by atoms with E-state index in [0.717, 1.165) is 55.8 Å². The number of rotatable bonds is 0. The summed E-state index contributed by atoms with van der Waals surface area (Å²) in [5.74, 6) is 0.531. The van der Waals surface area contributed by atoms with Crippen LogP contribution in [0.3, 0.4) is 0 Å². The molecule has 5 aliphatic rings. The van der Waals surface area contributed by atoms with Crippen molar-refractivity contribution in [1.29, 1.82) is 0 Å². The largest absolute Gasteiger partial charge is 0.490 e. The zero-order chi connectivity index (χ0) is 27.6. The molecule has 7 nitrogen and oxygen atoms in total. The van der Waals surface area contributed by atoms with Gasteiger partial charge < -0.3 is 14.7 Å². The fourth-order valence-corrected chi connectivity index (χ4v) is 9.06. The Hall–Kier alpha value is -2.55. The van der Waals surface area contributed by atoms with Crippen LogP contribution in [0.5, 0.6) is 5.75 Å². The van der Waals surface area contributed by atoms with Gasteiger partial charge in [0.2, 0.25) is 10.0 Å². The number of aliphatic hydroxyl groups is 1. The highest BCUT2D eigenvalue weighted by Crippen LogP contribution is 2.47. The first-order chi connectivity index (χ1) is 19.2. The number of fused-ring (bicyclic) bond motifs is 5. The van der Waals surface area contributed by atoms with Crippen LogP contribution in [0.15, 0.2) is 48.6 Å². The van der Waals surface area contributed by atoms with Gasteiger partial charge in [0.25, 0.3) is 5.91 Å². The average Bonchev–Trinajstić information content (AvgIpc) is 3.65. The van der Waals surface area contributed by atoms with Crippen LogP contribution in [0, 0.1) is 23.7 Å². The van der Waals surface area contributed by atoms with E-state index in [4.69, 9.17) is 16.3 Å². The summed E-state index contributed by atoms with van der Waals surface area (Å²) in [6.45, 7) is 1.94. The molecule has 40 heavy (non-hydrogen) atoms. The molecule has 2 bridgehead atoms. The number of ether oxygens (including phenoxy) is 1. The van der Waals surface area contributed by atoms with Crippen molar-refractivity contribution in [3.05, 3.63) is 70.3 Å². The van der Waals surface area contributed by atoms with Crippen molar-refractivity contribution in [2.24, 2.45) is 23.7 Å². The van der Waals surface area contributed by atoms with E-state index in [1.807, 2.05) is 18.2 Å². The van der Waals surface area contributed by atoms with Gasteiger partial charge >= 0.3 is 0 Å². The van der Waals surface area contributed by atoms with Gasteiger partial charge in [0, 0.05) is 29.1 Å². The molecule has 3 aliphatic carbocycles. The quantitative estimate of drug-likeness (QED) is 0.445. The Bertz CT molecular complexity index is 1490. The molecule has 2 saturated carbocycles. The number of benzene rings is 2. The highest BCUT2D eigenvalue weighted by Gasteiger charge is 2.45. The molecule has 0 saturated heterocycles. The van der Waals surface area contributed by atoms with Crippen LogP contribution in [-0.2, 0) is 21.9 Å². The third-order valence-corrected chi connectivity index (χ3v) is 11.5. The molecule has 2 aromatic carbocycles. The molecule has 212 valence electrons. The number of carbonyl (C=O) groups excluding carboxylic acids is 1. The predicted octanol–water partition coefficient (Wildman–Crippen LogP) is 4.47. The summed E-state index contributed by atoms with van der Waals surface area (Å²) in [7, 11) is -3.79. The fourth-order valence-electron chi connectivity index (χ4n) is 7.43. The number of hydrogen-bond acceptors (Lipinski definition) is 6. The van der Waals surface area contributed by atoms with Crippen molar-refractivity contribution in [2.75, 3.05) is 30.3 Å². The van der Waals surface area contributed by atoms with Crippen molar-refractivity contribution in [3.63, 3.8) is 0 Å². The predicted molar refractivity (Wildman–Crippen MR) is 154 cm³/mol. The van der Waals surface area contributed by atoms with E-state index in [2.05, 4.69) is 21.8 Å². The third kappa shape index (κ3) is 4.82. The number of aliphatic hydroxyl groups excluding tert-OH is 1. The molecule has 2 heterocycles. The molecule has 0 aromatic heterocycles. The van der Waals surface area contributed by atoms with Gasteiger partial charge in [0.05, 0.1) is 24.2 Å². The number of allylic oxidation sites excluding steroid dienone is 1. The normalized spacial score (nSPS) is 35.1. The Kier molecular flexibility index (Phi) is 6.44. The van der Waals surface area contributed by atoms with E-state index in [-0.39, 0.29) is 28.9 Å². The van der Waals surface area contributed by atoms with E-state index in [1.54, 1.807) is 18.2 Å². The van der Waals surface area contributed by atoms with E-state index < -0.39 is 22.0 Å². The topological polar surface area (TPSA) is 95.9 Å². The summed E-state index contributed by atoms with van der Waals surface area (Å²) >= 11 is 6.37. The molecular weight excluding hydrogens is 548 g/mol. The minimum absolute atomic E-state index is 0.0285. The molecule has 6 atom stereocenters. The van der Waals surface area contributed by atoms with Crippen molar-refractivity contribution in [3.8, 4) is 5.75 Å². The number of hydrogen-bond donors (Lipinski definition) is 2. The number of carbonyl (C=O) groups is 1. The maximum absolute atomic E-state index is 13.2. The molecular formula is C31H35ClN2O5S. The fraction of sp³-hybridized carbons (Fsp3) is 0.516. The standard InChI is InChI=1S/C31H35ClN2O5S/c32-24-6-8-26-20(13-24)2-1-11-31(26)17-34-15-22-3-7-25(22)28(35)9-4-19-12-23(19)16-40(37,38)33-30(36)21-5-10-29(39-18-31)27(34)14-21/h4-6,8-10,13-14,19,22-23,25,28,35H,1-3,7,11-12,15-18H2,(H,33,36)/b9-4-/t19-,22+,23+,25-,28+,31+/m1/s1. The van der Waals surface area contributed by atoms with Crippen LogP contribution < -0.4 is 14.4 Å². The summed E-state index contributed by atoms with van der Waals surface area (Å²) in [5.41, 5.74) is 3.37. The Morgan fingerprint density at radius 3 is 2.80 bits per heavy atom. The van der Waals surface area contributed by atoms with E-state index in [0.29, 0.717) is 30.4 Å². The molecule has 1 spiro atoms. The minimum Gasteiger partial charge on any atom is -0.490 e. The van der Waals surface area contributed by atoms with Gasteiger partial charge in [-0.15, -0.1) is 0 Å². The van der Waals surface area contributed by atoms with Crippen LogP contribution in [0.1, 0.15) is 53.6 Å². The van der Waals surface area contributed by atoms with Crippen molar-refractivity contribution >= 4 is 33.2 Å². The molecule has 2 fully saturated rings. The van der Waals surface area contributed by atoms with Gasteiger partial charge in [0.1, 0.15) is 5.75 Å². The molecule has 1 amide bonds. The van der Waals surface area contributed by atoms with E-state index in [9.17, 15) is 18.3 Å². The van der Waals surface area contributed by atoms with Crippen molar-refractivity contribution < 1.29 is 23.1 Å². The number of amides is 1. The molecule has 2 aromatic rings. The highest BCUT2D eigenvalue weighted by atomic mass is 35.5. The van der Waals surface area contributed by atoms with Crippen molar-refractivity contribution in [2.45, 2.75) is 50.0 Å². The summed E-state index contributed by atoms with van der Waals surface area (Å²) < 4.78 is 34.4. The Labute approximate surface area is 240 Å². The van der Waals surface area contributed by atoms with Crippen LogP contribution in [-0.4, -0.2) is 51.0 Å². The first-order valence-electron chi connectivity index (χ1n) is 14.4. The smallest absolute Gasteiger partial charge is 0.264 e. The number of anilines is 1. The zero-order valence-electron chi connectivity index (χ0n) is 22.4. The van der Waals surface area contributed by atoms with Crippen LogP contribution in [0.2, 0.25) is 5.02 Å². The van der Waals surface area contributed by atoms with Gasteiger partial charge in [-0.05, 0) is 104 Å². The summed E-state index contributed by atoms with van der Waals surface area (Å²) in [6, 6.07) is 11.4. The first-order valence-corrected chi connectivity index (χ1v) is 16.4. The maximum Gasteiger partial charge on any atom is 0.264 e. The van der Waals surface area contributed by atoms with Gasteiger partial charge in [-0.3, -0.25) is 4.79 Å². The van der Waals surface area contributed by atoms with Crippen LogP contribution >= 0.6 is 11.6 Å². The van der Waals surface area contributed by atoms with Gasteiger partial charge in [0.15, 0.2) is 0 Å². The number of aryl methyl sites for hydroxylation is 1. The zero-order valence-corrected chi connectivity index (χ0v) is 24.0. The summed E-state index contributed by atoms with van der Waals surface area (Å²) in [4.78, 5) is 15.5. The lowest BCUT2D eigenvalue weighted by atomic mass is 9.68. The number of halogens is 1. The lowest BCUT2D eigenvalue weighted by Crippen LogP contribution is -2.49. The van der Waals surface area contributed by atoms with Crippen LogP contribution in [0.4, 0.5) is 5.69 Å². The lowest BCUT2D eigenvalue weighted by Gasteiger charge is -2.45. The van der Waals surface area contributed by atoms with Crippen molar-refractivity contribution in [1.82, 2.24) is 4.72 Å². The first kappa shape index (κ1) is 26.4. The highest BCUT2D eigenvalue weighted by molar-refractivity contribution is 7.90. The van der Waals surface area contributed by atoms with Gasteiger partial charge in [-0.25, -0.2) is 13.1 Å². The third-order valence-electron chi connectivity index (χ3n) is 9.88. The Morgan fingerprint density at radius 1 is 1.10 bits per heavy atom. The number of nitrogens with zero attached hydrogens (tertiary/aromatic N) is 1. The monoisotopic (exact) mass is 582 g/mol. The maximum atomic E-state index is 13.2. The minimum atomic E-state index is -3.79. The van der Waals surface area contributed by atoms with Crippen LogP contribution in [0.25, 0.3) is 0 Å². The van der Waals surface area contributed by atoms with E-state index >= 15 is 0 Å².